The van der Waals surface area contributed by atoms with Gasteiger partial charge in [-0.1, -0.05) is 13.8 Å². The van der Waals surface area contributed by atoms with Crippen molar-refractivity contribution in [2.45, 2.75) is 78.9 Å². The van der Waals surface area contributed by atoms with Crippen LogP contribution in [0.15, 0.2) is 12.1 Å². The minimum absolute atomic E-state index is 0.0437. The molecule has 1 aromatic rings. The van der Waals surface area contributed by atoms with Gasteiger partial charge in [0.25, 0.3) is 5.91 Å². The van der Waals surface area contributed by atoms with Gasteiger partial charge in [-0.3, -0.25) is 4.79 Å². The van der Waals surface area contributed by atoms with Gasteiger partial charge in [0, 0.05) is 12.3 Å². The molecule has 1 amide bonds. The quantitative estimate of drug-likeness (QED) is 0.683. The first-order valence-electron chi connectivity index (χ1n) is 9.55. The lowest BCUT2D eigenvalue weighted by Crippen LogP contribution is -2.45. The number of hydrogen-bond acceptors (Lipinski definition) is 3. The van der Waals surface area contributed by atoms with Gasteiger partial charge < -0.3 is 14.8 Å². The first-order chi connectivity index (χ1) is 11.8. The molecule has 0 aliphatic heterocycles. The Morgan fingerprint density at radius 2 is 1.88 bits per heavy atom. The fourth-order valence-electron chi connectivity index (χ4n) is 3.07. The zero-order valence-corrected chi connectivity index (χ0v) is 16.6. The van der Waals surface area contributed by atoms with Crippen molar-refractivity contribution in [3.63, 3.8) is 0 Å². The third kappa shape index (κ3) is 4.75. The number of amides is 1. The largest absolute Gasteiger partial charge is 0.490 e. The first kappa shape index (κ1) is 19.8. The zero-order chi connectivity index (χ0) is 18.6. The van der Waals surface area contributed by atoms with Crippen LogP contribution in [-0.2, 0) is 9.53 Å². The number of hydrogen-bond donors (Lipinski definition) is 1. The van der Waals surface area contributed by atoms with Crippen LogP contribution in [0.4, 0.5) is 5.69 Å². The van der Waals surface area contributed by atoms with Crippen LogP contribution in [0.1, 0.15) is 64.5 Å². The Bertz CT molecular complexity index is 586. The van der Waals surface area contributed by atoms with Crippen molar-refractivity contribution in [1.29, 1.82) is 0 Å². The molecule has 0 saturated heterocycles. The maximum absolute atomic E-state index is 12.9. The average Bonchev–Trinajstić information content (AvgIpc) is 3.41. The van der Waals surface area contributed by atoms with Crippen LogP contribution >= 0.6 is 0 Å². The minimum Gasteiger partial charge on any atom is -0.490 e. The molecule has 1 aliphatic rings. The molecular formula is C21H33NO3. The van der Waals surface area contributed by atoms with Crippen LogP contribution in [0.5, 0.6) is 5.75 Å². The number of ether oxygens (including phenoxy) is 2. The van der Waals surface area contributed by atoms with Crippen LogP contribution in [0, 0.1) is 19.8 Å². The molecule has 140 valence electrons. The average molecular weight is 347 g/mol. The lowest BCUT2D eigenvalue weighted by Gasteiger charge is -2.29. The van der Waals surface area contributed by atoms with E-state index in [9.17, 15) is 4.79 Å². The lowest BCUT2D eigenvalue weighted by atomic mass is 9.98. The molecule has 4 nitrogen and oxygen atoms in total. The van der Waals surface area contributed by atoms with E-state index in [1.165, 1.54) is 0 Å². The number of carbonyl (C=O) groups is 1. The van der Waals surface area contributed by atoms with E-state index >= 15 is 0 Å². The second-order valence-corrected chi connectivity index (χ2v) is 7.46. The van der Waals surface area contributed by atoms with Crippen molar-refractivity contribution in [1.82, 2.24) is 0 Å². The normalized spacial score (nSPS) is 17.7. The Kier molecular flexibility index (Phi) is 6.50. The Hall–Kier alpha value is -1.55. The summed E-state index contributed by atoms with van der Waals surface area (Å²) in [6.07, 6.45) is 4.18. The summed E-state index contributed by atoms with van der Waals surface area (Å²) in [5.74, 6) is 1.20. The Labute approximate surface area is 152 Å². The molecule has 0 spiro atoms. The molecule has 2 rings (SSSR count). The number of nitrogens with one attached hydrogen (secondary N) is 1. The maximum Gasteiger partial charge on any atom is 0.256 e. The fraction of sp³-hybridized carbons (Fsp3) is 0.667. The fourth-order valence-corrected chi connectivity index (χ4v) is 3.07. The van der Waals surface area contributed by atoms with E-state index in [1.807, 2.05) is 32.9 Å². The zero-order valence-electron chi connectivity index (χ0n) is 16.6. The molecule has 4 heteroatoms. The highest BCUT2D eigenvalue weighted by Crippen LogP contribution is 2.42. The van der Waals surface area contributed by atoms with Crippen molar-refractivity contribution >= 4 is 11.6 Å². The highest BCUT2D eigenvalue weighted by molar-refractivity contribution is 5.97. The van der Waals surface area contributed by atoms with E-state index in [2.05, 4.69) is 26.1 Å². The van der Waals surface area contributed by atoms with Crippen LogP contribution in [0.2, 0.25) is 0 Å². The molecule has 1 aliphatic carbocycles. The number of rotatable bonds is 9. The topological polar surface area (TPSA) is 47.6 Å². The molecule has 25 heavy (non-hydrogen) atoms. The van der Waals surface area contributed by atoms with Gasteiger partial charge in [-0.2, -0.15) is 0 Å². The smallest absolute Gasteiger partial charge is 0.256 e. The SMILES string of the molecule is CCCO[C@](C)(C(=O)Nc1cc(C)c(O[C@H](C)CC)c(C)c1)C1CC1. The van der Waals surface area contributed by atoms with Crippen LogP contribution in [0.3, 0.4) is 0 Å². The van der Waals surface area contributed by atoms with Crippen molar-refractivity contribution in [3.8, 4) is 5.75 Å². The van der Waals surface area contributed by atoms with Crippen LogP contribution in [0.25, 0.3) is 0 Å². The van der Waals surface area contributed by atoms with Crippen LogP contribution < -0.4 is 10.1 Å². The molecule has 0 bridgehead atoms. The summed E-state index contributed by atoms with van der Waals surface area (Å²) in [6, 6.07) is 3.96. The monoisotopic (exact) mass is 347 g/mol. The number of carbonyl (C=O) groups excluding carboxylic acids is 1. The molecule has 0 heterocycles. The first-order valence-corrected chi connectivity index (χ1v) is 9.55. The van der Waals surface area contributed by atoms with E-state index in [1.54, 1.807) is 0 Å². The van der Waals surface area contributed by atoms with E-state index in [0.29, 0.717) is 12.5 Å². The van der Waals surface area contributed by atoms with E-state index in [4.69, 9.17) is 9.47 Å². The second kappa shape index (κ2) is 8.22. The lowest BCUT2D eigenvalue weighted by molar-refractivity contribution is -0.142. The summed E-state index contributed by atoms with van der Waals surface area (Å²) in [7, 11) is 0. The molecule has 0 radical (unpaired) electrons. The summed E-state index contributed by atoms with van der Waals surface area (Å²) >= 11 is 0. The third-order valence-corrected chi connectivity index (χ3v) is 5.03. The van der Waals surface area contributed by atoms with Gasteiger partial charge in [-0.25, -0.2) is 0 Å². The highest BCUT2D eigenvalue weighted by atomic mass is 16.5. The molecule has 0 unspecified atom stereocenters. The van der Waals surface area contributed by atoms with Crippen molar-refractivity contribution in [3.05, 3.63) is 23.3 Å². The van der Waals surface area contributed by atoms with E-state index < -0.39 is 5.60 Å². The van der Waals surface area contributed by atoms with Gasteiger partial charge in [-0.15, -0.1) is 0 Å². The van der Waals surface area contributed by atoms with E-state index in [-0.39, 0.29) is 12.0 Å². The van der Waals surface area contributed by atoms with Gasteiger partial charge in [0.15, 0.2) is 0 Å². The molecular weight excluding hydrogens is 314 g/mol. The summed E-state index contributed by atoms with van der Waals surface area (Å²) in [4.78, 5) is 12.9. The van der Waals surface area contributed by atoms with Gasteiger partial charge >= 0.3 is 0 Å². The Balaban J connectivity index is 2.15. The maximum atomic E-state index is 12.9. The standard InChI is InChI=1S/C21H33NO3/c1-7-11-24-21(6,17-9-10-17)20(23)22-18-12-14(3)19(15(4)13-18)25-16(5)8-2/h12-13,16-17H,7-11H2,1-6H3,(H,22,23)/t16-,21+/m1/s1. The second-order valence-electron chi connectivity index (χ2n) is 7.46. The predicted molar refractivity (Wildman–Crippen MR) is 102 cm³/mol. The molecule has 1 fully saturated rings. The Morgan fingerprint density at radius 3 is 2.36 bits per heavy atom. The highest BCUT2D eigenvalue weighted by Gasteiger charge is 2.48. The summed E-state index contributed by atoms with van der Waals surface area (Å²) in [6.45, 7) is 12.8. The van der Waals surface area contributed by atoms with Gasteiger partial charge in [0.2, 0.25) is 0 Å². The van der Waals surface area contributed by atoms with Gasteiger partial charge in [0.1, 0.15) is 11.4 Å². The van der Waals surface area contributed by atoms with Crippen molar-refractivity contribution < 1.29 is 14.3 Å². The van der Waals surface area contributed by atoms with E-state index in [0.717, 1.165) is 48.2 Å². The molecule has 1 saturated carbocycles. The van der Waals surface area contributed by atoms with Gasteiger partial charge in [-0.05, 0) is 82.6 Å². The molecule has 2 atom stereocenters. The molecule has 1 N–H and O–H groups in total. The summed E-state index contributed by atoms with van der Waals surface area (Å²) in [5.41, 5.74) is 2.16. The summed E-state index contributed by atoms with van der Waals surface area (Å²) < 4.78 is 12.0. The predicted octanol–water partition coefficient (Wildman–Crippen LogP) is 5.01. The van der Waals surface area contributed by atoms with Crippen LogP contribution in [-0.4, -0.2) is 24.2 Å². The summed E-state index contributed by atoms with van der Waals surface area (Å²) in [5, 5.41) is 3.07. The van der Waals surface area contributed by atoms with Gasteiger partial charge in [0.05, 0.1) is 6.10 Å². The minimum atomic E-state index is -0.732. The molecule has 0 aromatic heterocycles. The third-order valence-electron chi connectivity index (χ3n) is 5.03. The number of anilines is 1. The van der Waals surface area contributed by atoms with Crippen molar-refractivity contribution in [2.24, 2.45) is 5.92 Å². The Morgan fingerprint density at radius 1 is 1.28 bits per heavy atom. The molecule has 1 aromatic carbocycles. The van der Waals surface area contributed by atoms with Crippen molar-refractivity contribution in [2.75, 3.05) is 11.9 Å². The number of aryl methyl sites for hydroxylation is 2. The number of benzene rings is 1.